The molecular formula is C16H14Br3F. The Morgan fingerprint density at radius 1 is 0.950 bits per heavy atom. The van der Waals surface area contributed by atoms with Crippen LogP contribution in [0.1, 0.15) is 11.1 Å². The zero-order valence-electron chi connectivity index (χ0n) is 10.8. The number of hydrogen-bond acceptors (Lipinski definition) is 0. The van der Waals surface area contributed by atoms with Crippen LogP contribution in [-0.4, -0.2) is 10.7 Å². The van der Waals surface area contributed by atoms with Gasteiger partial charge in [-0.05, 0) is 41.8 Å². The topological polar surface area (TPSA) is 0 Å². The minimum absolute atomic E-state index is 0.0540. The standard InChI is InChI=1S/C16H14Br3F/c17-10-16(11-18,13-2-1-3-14(19)8-13)9-12-4-6-15(20)7-5-12/h1-8H,9-11H2. The molecular weight excluding hydrogens is 451 g/mol. The summed E-state index contributed by atoms with van der Waals surface area (Å²) in [5, 5.41) is 1.66. The third-order valence-corrected chi connectivity index (χ3v) is 6.04. The Bertz CT molecular complexity index is 562. The predicted octanol–water partition coefficient (Wildman–Crippen LogP) is 5.86. The van der Waals surface area contributed by atoms with Crippen molar-refractivity contribution < 1.29 is 4.39 Å². The molecule has 0 bridgehead atoms. The summed E-state index contributed by atoms with van der Waals surface area (Å²) in [5.41, 5.74) is 2.33. The molecule has 2 rings (SSSR count). The van der Waals surface area contributed by atoms with Gasteiger partial charge in [0.05, 0.1) is 0 Å². The summed E-state index contributed by atoms with van der Waals surface area (Å²) in [6, 6.07) is 15.1. The van der Waals surface area contributed by atoms with Crippen molar-refractivity contribution in [3.63, 3.8) is 0 Å². The lowest BCUT2D eigenvalue weighted by Crippen LogP contribution is -2.33. The largest absolute Gasteiger partial charge is 0.207 e. The van der Waals surface area contributed by atoms with Gasteiger partial charge in [0, 0.05) is 20.5 Å². The second-order valence-corrected chi connectivity index (χ2v) is 6.90. The van der Waals surface area contributed by atoms with Crippen LogP contribution >= 0.6 is 47.8 Å². The first-order valence-electron chi connectivity index (χ1n) is 6.22. The summed E-state index contributed by atoms with van der Waals surface area (Å²) >= 11 is 10.8. The molecule has 0 unspecified atom stereocenters. The van der Waals surface area contributed by atoms with Crippen LogP contribution in [0, 0.1) is 5.82 Å². The van der Waals surface area contributed by atoms with E-state index >= 15 is 0 Å². The van der Waals surface area contributed by atoms with Crippen molar-refractivity contribution in [2.45, 2.75) is 11.8 Å². The van der Waals surface area contributed by atoms with E-state index in [4.69, 9.17) is 0 Å². The van der Waals surface area contributed by atoms with E-state index < -0.39 is 0 Å². The highest BCUT2D eigenvalue weighted by Crippen LogP contribution is 2.34. The van der Waals surface area contributed by atoms with Crippen molar-refractivity contribution in [3.8, 4) is 0 Å². The Labute approximate surface area is 144 Å². The van der Waals surface area contributed by atoms with Gasteiger partial charge in [-0.15, -0.1) is 0 Å². The normalized spacial score (nSPS) is 11.6. The molecule has 0 nitrogen and oxygen atoms in total. The van der Waals surface area contributed by atoms with Gasteiger partial charge < -0.3 is 0 Å². The van der Waals surface area contributed by atoms with Crippen molar-refractivity contribution >= 4 is 47.8 Å². The molecule has 0 radical (unpaired) electrons. The Morgan fingerprint density at radius 3 is 2.15 bits per heavy atom. The molecule has 0 aliphatic heterocycles. The first-order chi connectivity index (χ1) is 9.59. The third-order valence-electron chi connectivity index (χ3n) is 3.40. The minimum Gasteiger partial charge on any atom is -0.207 e. The van der Waals surface area contributed by atoms with Gasteiger partial charge in [-0.1, -0.05) is 72.1 Å². The monoisotopic (exact) mass is 462 g/mol. The lowest BCUT2D eigenvalue weighted by atomic mass is 9.79. The van der Waals surface area contributed by atoms with E-state index in [1.165, 1.54) is 17.7 Å². The van der Waals surface area contributed by atoms with E-state index in [0.29, 0.717) is 0 Å². The van der Waals surface area contributed by atoms with Gasteiger partial charge in [-0.2, -0.15) is 0 Å². The highest BCUT2D eigenvalue weighted by atomic mass is 79.9. The molecule has 2 aromatic rings. The van der Waals surface area contributed by atoms with Gasteiger partial charge >= 0.3 is 0 Å². The van der Waals surface area contributed by atoms with Crippen molar-refractivity contribution in [2.75, 3.05) is 10.7 Å². The van der Waals surface area contributed by atoms with Crippen LogP contribution in [0.2, 0.25) is 0 Å². The summed E-state index contributed by atoms with van der Waals surface area (Å²) in [6.07, 6.45) is 0.847. The summed E-state index contributed by atoms with van der Waals surface area (Å²) in [4.78, 5) is 0. The van der Waals surface area contributed by atoms with Crippen LogP contribution in [-0.2, 0) is 11.8 Å². The summed E-state index contributed by atoms with van der Waals surface area (Å²) in [7, 11) is 0. The molecule has 0 aromatic heterocycles. The van der Waals surface area contributed by atoms with E-state index in [9.17, 15) is 4.39 Å². The molecule has 2 aromatic carbocycles. The third kappa shape index (κ3) is 3.71. The van der Waals surface area contributed by atoms with Crippen LogP contribution in [0.5, 0.6) is 0 Å². The van der Waals surface area contributed by atoms with Crippen molar-refractivity contribution in [1.29, 1.82) is 0 Å². The summed E-state index contributed by atoms with van der Waals surface area (Å²) in [6.45, 7) is 0. The van der Waals surface area contributed by atoms with E-state index in [-0.39, 0.29) is 11.2 Å². The molecule has 4 heteroatoms. The first-order valence-corrected chi connectivity index (χ1v) is 9.26. The molecule has 0 heterocycles. The lowest BCUT2D eigenvalue weighted by molar-refractivity contribution is 0.549. The maximum Gasteiger partial charge on any atom is 0.123 e. The van der Waals surface area contributed by atoms with Gasteiger partial charge in [0.2, 0.25) is 0 Å². The number of rotatable bonds is 5. The first kappa shape index (κ1) is 16.2. The molecule has 0 saturated carbocycles. The van der Waals surface area contributed by atoms with Gasteiger partial charge in [-0.3, -0.25) is 0 Å². The minimum atomic E-state index is -0.195. The van der Waals surface area contributed by atoms with Crippen LogP contribution in [0.3, 0.4) is 0 Å². The highest BCUT2D eigenvalue weighted by Gasteiger charge is 2.30. The quantitative estimate of drug-likeness (QED) is 0.486. The van der Waals surface area contributed by atoms with Crippen LogP contribution < -0.4 is 0 Å². The molecule has 0 saturated heterocycles. The second kappa shape index (κ2) is 7.19. The van der Waals surface area contributed by atoms with Crippen molar-refractivity contribution in [2.24, 2.45) is 0 Å². The molecule has 0 N–H and O–H groups in total. The predicted molar refractivity (Wildman–Crippen MR) is 93.5 cm³/mol. The van der Waals surface area contributed by atoms with E-state index in [2.05, 4.69) is 59.9 Å². The number of halogens is 4. The fourth-order valence-electron chi connectivity index (χ4n) is 2.20. The Morgan fingerprint density at radius 2 is 1.60 bits per heavy atom. The smallest absolute Gasteiger partial charge is 0.123 e. The van der Waals surface area contributed by atoms with Crippen LogP contribution in [0.4, 0.5) is 4.39 Å². The van der Waals surface area contributed by atoms with Crippen molar-refractivity contribution in [3.05, 3.63) is 69.9 Å². The van der Waals surface area contributed by atoms with Gasteiger partial charge in [0.15, 0.2) is 0 Å². The van der Waals surface area contributed by atoms with E-state index in [1.54, 1.807) is 0 Å². The van der Waals surface area contributed by atoms with Gasteiger partial charge in [0.25, 0.3) is 0 Å². The molecule has 106 valence electrons. The Kier molecular flexibility index (Phi) is 5.82. The zero-order chi connectivity index (χ0) is 14.6. The van der Waals surface area contributed by atoms with E-state index in [0.717, 1.165) is 27.1 Å². The number of alkyl halides is 2. The van der Waals surface area contributed by atoms with E-state index in [1.807, 2.05) is 24.3 Å². The molecule has 0 aliphatic rings. The van der Waals surface area contributed by atoms with Crippen LogP contribution in [0.15, 0.2) is 53.0 Å². The SMILES string of the molecule is Fc1ccc(CC(CBr)(CBr)c2cccc(Br)c2)cc1. The zero-order valence-corrected chi connectivity index (χ0v) is 15.5. The van der Waals surface area contributed by atoms with Crippen molar-refractivity contribution in [1.82, 2.24) is 0 Å². The highest BCUT2D eigenvalue weighted by molar-refractivity contribution is 9.10. The molecule has 0 aliphatic carbocycles. The fourth-order valence-corrected chi connectivity index (χ4v) is 4.57. The lowest BCUT2D eigenvalue weighted by Gasteiger charge is -2.31. The average molecular weight is 465 g/mol. The maximum atomic E-state index is 13.0. The molecule has 0 fully saturated rings. The average Bonchev–Trinajstić information content (AvgIpc) is 2.47. The van der Waals surface area contributed by atoms with Crippen LogP contribution in [0.25, 0.3) is 0 Å². The second-order valence-electron chi connectivity index (χ2n) is 4.86. The molecule has 0 spiro atoms. The van der Waals surface area contributed by atoms with Gasteiger partial charge in [0.1, 0.15) is 5.82 Å². The molecule has 0 amide bonds. The fraction of sp³-hybridized carbons (Fsp3) is 0.250. The molecule has 20 heavy (non-hydrogen) atoms. The summed E-state index contributed by atoms with van der Waals surface area (Å²) < 4.78 is 14.1. The maximum absolute atomic E-state index is 13.0. The number of benzene rings is 2. The Balaban J connectivity index is 2.36. The Hall–Kier alpha value is -0.190. The summed E-state index contributed by atoms with van der Waals surface area (Å²) in [5.74, 6) is -0.195. The number of hydrogen-bond donors (Lipinski definition) is 0. The molecule has 0 atom stereocenters. The van der Waals surface area contributed by atoms with Gasteiger partial charge in [-0.25, -0.2) is 4.39 Å².